The van der Waals surface area contributed by atoms with Crippen LogP contribution in [-0.2, 0) is 22.5 Å². The number of hydrogen-bond acceptors (Lipinski definition) is 7. The fraction of sp³-hybridized carbons (Fsp3) is 0.235. The van der Waals surface area contributed by atoms with Crippen LogP contribution in [0.3, 0.4) is 0 Å². The third kappa shape index (κ3) is 7.43. The van der Waals surface area contributed by atoms with Crippen molar-refractivity contribution >= 4 is 27.7 Å². The van der Waals surface area contributed by atoms with Gasteiger partial charge in [0.1, 0.15) is 11.5 Å². The highest BCUT2D eigenvalue weighted by molar-refractivity contribution is 9.10. The first-order chi connectivity index (χ1) is 21.0. The molecule has 222 valence electrons. The summed E-state index contributed by atoms with van der Waals surface area (Å²) in [4.78, 5) is 19.3. The molecule has 0 fully saturated rings. The Kier molecular flexibility index (Phi) is 10.1. The second-order valence-corrected chi connectivity index (χ2v) is 11.1. The molecule has 9 heteroatoms. The van der Waals surface area contributed by atoms with Gasteiger partial charge in [-0.2, -0.15) is 0 Å². The van der Waals surface area contributed by atoms with Crippen molar-refractivity contribution in [2.75, 3.05) is 20.3 Å². The SMILES string of the molecule is COc1ccc(CNNC(=O)[C@@]2(Cc3ccccc3)N=C(c3ccc(OCCCO)cc3)O[C@H]2c2ccc(Br)cc2)cc1. The Balaban J connectivity index is 1.47. The van der Waals surface area contributed by atoms with Crippen LogP contribution in [0.15, 0.2) is 113 Å². The quantitative estimate of drug-likeness (QED) is 0.131. The minimum Gasteiger partial charge on any atom is -0.497 e. The van der Waals surface area contributed by atoms with Gasteiger partial charge < -0.3 is 19.3 Å². The third-order valence-corrected chi connectivity index (χ3v) is 7.70. The standard InChI is InChI=1S/C34H34BrN3O5/c1-41-29-16-8-25(9-17-29)23-36-38-33(40)34(22-24-6-3-2-4-7-24)31(26-10-14-28(35)15-11-26)43-32(37-34)27-12-18-30(19-13-27)42-21-5-20-39/h2-4,6-19,31,36,39H,5,20-23H2,1H3,(H,38,40)/t31-,34-/m0/s1. The largest absolute Gasteiger partial charge is 0.497 e. The number of nitrogens with one attached hydrogen (secondary N) is 2. The molecule has 1 aliphatic heterocycles. The second-order valence-electron chi connectivity index (χ2n) is 10.2. The number of methoxy groups -OCH3 is 1. The van der Waals surface area contributed by atoms with E-state index in [4.69, 9.17) is 24.3 Å². The van der Waals surface area contributed by atoms with Gasteiger partial charge in [0.15, 0.2) is 11.6 Å². The predicted molar refractivity (Wildman–Crippen MR) is 169 cm³/mol. The van der Waals surface area contributed by atoms with Gasteiger partial charge in [-0.3, -0.25) is 10.2 Å². The summed E-state index contributed by atoms with van der Waals surface area (Å²) >= 11 is 3.52. The van der Waals surface area contributed by atoms with Crippen molar-refractivity contribution in [2.45, 2.75) is 31.0 Å². The smallest absolute Gasteiger partial charge is 0.266 e. The summed E-state index contributed by atoms with van der Waals surface area (Å²) in [5.74, 6) is 1.51. The zero-order valence-electron chi connectivity index (χ0n) is 23.8. The van der Waals surface area contributed by atoms with E-state index in [1.807, 2.05) is 103 Å². The van der Waals surface area contributed by atoms with Gasteiger partial charge in [0.05, 0.1) is 13.7 Å². The molecule has 2 atom stereocenters. The molecule has 4 aromatic rings. The molecule has 0 aliphatic carbocycles. The highest BCUT2D eigenvalue weighted by Crippen LogP contribution is 2.42. The molecule has 0 unspecified atom stereocenters. The van der Waals surface area contributed by atoms with E-state index in [1.165, 1.54) is 0 Å². The molecule has 1 aliphatic rings. The Labute approximate surface area is 259 Å². The van der Waals surface area contributed by atoms with Crippen molar-refractivity contribution in [1.82, 2.24) is 10.9 Å². The number of carbonyl (C=O) groups is 1. The molecular formula is C34H34BrN3O5. The van der Waals surface area contributed by atoms with E-state index in [0.29, 0.717) is 37.6 Å². The molecule has 1 heterocycles. The summed E-state index contributed by atoms with van der Waals surface area (Å²) in [6.07, 6.45) is 0.172. The molecule has 43 heavy (non-hydrogen) atoms. The van der Waals surface area contributed by atoms with Crippen molar-refractivity contribution in [2.24, 2.45) is 4.99 Å². The van der Waals surface area contributed by atoms with Crippen LogP contribution in [0.1, 0.15) is 34.8 Å². The van der Waals surface area contributed by atoms with Gasteiger partial charge in [0.25, 0.3) is 5.91 Å². The average molecular weight is 645 g/mol. The summed E-state index contributed by atoms with van der Waals surface area (Å²) in [6, 6.07) is 32.6. The second kappa shape index (κ2) is 14.3. The van der Waals surface area contributed by atoms with Crippen molar-refractivity contribution in [1.29, 1.82) is 0 Å². The predicted octanol–water partition coefficient (Wildman–Crippen LogP) is 5.54. The van der Waals surface area contributed by atoms with E-state index in [9.17, 15) is 4.79 Å². The highest BCUT2D eigenvalue weighted by atomic mass is 79.9. The monoisotopic (exact) mass is 643 g/mol. The molecule has 0 aromatic heterocycles. The molecule has 1 amide bonds. The molecule has 0 spiro atoms. The lowest BCUT2D eigenvalue weighted by atomic mass is 9.82. The third-order valence-electron chi connectivity index (χ3n) is 7.17. The molecule has 8 nitrogen and oxygen atoms in total. The summed E-state index contributed by atoms with van der Waals surface area (Å²) in [6.45, 7) is 0.902. The number of aliphatic hydroxyl groups is 1. The topological polar surface area (TPSA) is 101 Å². The number of nitrogens with zero attached hydrogens (tertiary/aromatic N) is 1. The van der Waals surface area contributed by atoms with E-state index >= 15 is 0 Å². The summed E-state index contributed by atoms with van der Waals surface area (Å²) < 4.78 is 18.4. The lowest BCUT2D eigenvalue weighted by molar-refractivity contribution is -0.130. The number of amides is 1. The fourth-order valence-electron chi connectivity index (χ4n) is 4.91. The Morgan fingerprint density at radius 3 is 2.30 bits per heavy atom. The van der Waals surface area contributed by atoms with Gasteiger partial charge in [-0.25, -0.2) is 10.4 Å². The van der Waals surface area contributed by atoms with E-state index in [1.54, 1.807) is 7.11 Å². The number of halogens is 1. The van der Waals surface area contributed by atoms with Gasteiger partial charge in [0.2, 0.25) is 5.90 Å². The molecule has 0 radical (unpaired) electrons. The highest BCUT2D eigenvalue weighted by Gasteiger charge is 2.53. The van der Waals surface area contributed by atoms with E-state index in [0.717, 1.165) is 32.5 Å². The molecule has 0 saturated carbocycles. The van der Waals surface area contributed by atoms with E-state index in [-0.39, 0.29) is 12.5 Å². The van der Waals surface area contributed by atoms with Crippen LogP contribution in [0.25, 0.3) is 0 Å². The number of aliphatic imine (C=N–C) groups is 1. The zero-order valence-corrected chi connectivity index (χ0v) is 25.4. The Hall–Kier alpha value is -4.18. The number of carbonyl (C=O) groups excluding carboxylic acids is 1. The van der Waals surface area contributed by atoms with Crippen molar-refractivity contribution in [3.05, 3.63) is 130 Å². The number of ether oxygens (including phenoxy) is 3. The number of benzene rings is 4. The Morgan fingerprint density at radius 2 is 1.63 bits per heavy atom. The van der Waals surface area contributed by atoms with Crippen LogP contribution >= 0.6 is 15.9 Å². The minimum atomic E-state index is -1.31. The first-order valence-corrected chi connectivity index (χ1v) is 14.9. The number of hydrazine groups is 1. The fourth-order valence-corrected chi connectivity index (χ4v) is 5.17. The van der Waals surface area contributed by atoms with Gasteiger partial charge in [-0.1, -0.05) is 70.5 Å². The number of rotatable bonds is 13. The van der Waals surface area contributed by atoms with Crippen molar-refractivity contribution < 1.29 is 24.1 Å². The van der Waals surface area contributed by atoms with Gasteiger partial charge in [-0.15, -0.1) is 0 Å². The van der Waals surface area contributed by atoms with Crippen LogP contribution in [0.5, 0.6) is 11.5 Å². The Morgan fingerprint density at radius 1 is 0.930 bits per heavy atom. The average Bonchev–Trinajstić information content (AvgIpc) is 3.43. The van der Waals surface area contributed by atoms with E-state index in [2.05, 4.69) is 26.8 Å². The summed E-state index contributed by atoms with van der Waals surface area (Å²) in [7, 11) is 1.63. The molecule has 4 aromatic carbocycles. The summed E-state index contributed by atoms with van der Waals surface area (Å²) in [5, 5.41) is 9.04. The van der Waals surface area contributed by atoms with Crippen molar-refractivity contribution in [3.8, 4) is 11.5 Å². The van der Waals surface area contributed by atoms with Crippen LogP contribution < -0.4 is 20.3 Å². The molecular weight excluding hydrogens is 610 g/mol. The molecule has 0 bridgehead atoms. The first kappa shape index (κ1) is 30.3. The molecule has 0 saturated heterocycles. The van der Waals surface area contributed by atoms with E-state index < -0.39 is 11.6 Å². The first-order valence-electron chi connectivity index (χ1n) is 14.1. The zero-order chi connectivity index (χ0) is 30.1. The maximum Gasteiger partial charge on any atom is 0.266 e. The maximum absolute atomic E-state index is 14.3. The molecule has 5 rings (SSSR count). The van der Waals surface area contributed by atoms with Gasteiger partial charge in [-0.05, 0) is 65.2 Å². The van der Waals surface area contributed by atoms with Crippen LogP contribution in [-0.4, -0.2) is 42.8 Å². The Bertz CT molecular complexity index is 1510. The number of aliphatic hydroxyl groups excluding tert-OH is 1. The van der Waals surface area contributed by atoms with Crippen LogP contribution in [0.4, 0.5) is 0 Å². The van der Waals surface area contributed by atoms with Crippen LogP contribution in [0.2, 0.25) is 0 Å². The van der Waals surface area contributed by atoms with Crippen molar-refractivity contribution in [3.63, 3.8) is 0 Å². The maximum atomic E-state index is 14.3. The lowest BCUT2D eigenvalue weighted by Crippen LogP contribution is -2.53. The number of hydrogen-bond donors (Lipinski definition) is 3. The minimum absolute atomic E-state index is 0.0701. The normalized spacial score (nSPS) is 17.6. The van der Waals surface area contributed by atoms with Gasteiger partial charge in [0, 0.05) is 36.0 Å². The van der Waals surface area contributed by atoms with Crippen LogP contribution in [0, 0.1) is 0 Å². The summed E-state index contributed by atoms with van der Waals surface area (Å²) in [5.41, 5.74) is 8.19. The van der Waals surface area contributed by atoms with Gasteiger partial charge >= 0.3 is 0 Å². The lowest BCUT2D eigenvalue weighted by Gasteiger charge is -2.31. The molecule has 3 N–H and O–H groups in total.